The van der Waals surface area contributed by atoms with Gasteiger partial charge in [-0.25, -0.2) is 8.42 Å². The third kappa shape index (κ3) is 5.19. The summed E-state index contributed by atoms with van der Waals surface area (Å²) in [5.41, 5.74) is 2.88. The molecule has 2 aromatic rings. The van der Waals surface area contributed by atoms with Crippen LogP contribution < -0.4 is 4.74 Å². The minimum atomic E-state index is -3.38. The van der Waals surface area contributed by atoms with Crippen LogP contribution in [0, 0.1) is 5.92 Å². The number of sulfonamides is 1. The molecule has 0 amide bonds. The average Bonchev–Trinajstić information content (AvgIpc) is 2.84. The molecule has 1 fully saturated rings. The van der Waals surface area contributed by atoms with E-state index >= 15 is 0 Å². The maximum absolute atomic E-state index is 12.9. The summed E-state index contributed by atoms with van der Waals surface area (Å²) in [4.78, 5) is 3.08. The Bertz CT molecular complexity index is 985. The lowest BCUT2D eigenvalue weighted by Crippen LogP contribution is -2.45. The van der Waals surface area contributed by atoms with Gasteiger partial charge in [0.2, 0.25) is 10.0 Å². The second-order valence-corrected chi connectivity index (χ2v) is 11.1. The number of aryl methyl sites for hydroxylation is 1. The van der Waals surface area contributed by atoms with E-state index in [9.17, 15) is 8.42 Å². The molecule has 1 unspecified atom stereocenters. The first-order valence-corrected chi connectivity index (χ1v) is 13.4. The van der Waals surface area contributed by atoms with Gasteiger partial charge in [-0.15, -0.1) is 0 Å². The highest BCUT2D eigenvalue weighted by Crippen LogP contribution is 2.30. The minimum Gasteiger partial charge on any atom is -0.497 e. The van der Waals surface area contributed by atoms with Crippen LogP contribution in [0.25, 0.3) is 0 Å². The Hall–Kier alpha value is -1.89. The van der Waals surface area contributed by atoms with Crippen molar-refractivity contribution in [2.75, 3.05) is 33.3 Å². The summed E-state index contributed by atoms with van der Waals surface area (Å²) >= 11 is 0. The van der Waals surface area contributed by atoms with Gasteiger partial charge >= 0.3 is 0 Å². The van der Waals surface area contributed by atoms with Gasteiger partial charge in [-0.05, 0) is 86.4 Å². The lowest BCUT2D eigenvalue weighted by atomic mass is 9.86. The summed E-state index contributed by atoms with van der Waals surface area (Å²) in [5.74, 6) is 1.49. The van der Waals surface area contributed by atoms with Gasteiger partial charge in [-0.3, -0.25) is 4.90 Å². The highest BCUT2D eigenvalue weighted by Gasteiger charge is 2.32. The molecule has 0 bridgehead atoms. The Morgan fingerprint density at radius 3 is 2.47 bits per heavy atom. The van der Waals surface area contributed by atoms with Gasteiger partial charge in [0.05, 0.1) is 12.0 Å². The van der Waals surface area contributed by atoms with Gasteiger partial charge in [-0.2, -0.15) is 4.31 Å². The molecule has 0 radical (unpaired) electrons. The second kappa shape index (κ2) is 10.4. The molecule has 1 atom stereocenters. The molecule has 4 rings (SSSR count). The number of ether oxygens (including phenoxy) is 1. The fourth-order valence-corrected chi connectivity index (χ4v) is 6.76. The SMILES string of the molecule is CCCN(CC1CCN(S(=O)(=O)c2ccccc2)CC1)C1CCc2ccc(OC)cc2C1. The van der Waals surface area contributed by atoms with Crippen molar-refractivity contribution in [2.24, 2.45) is 5.92 Å². The minimum absolute atomic E-state index is 0.405. The van der Waals surface area contributed by atoms with Crippen molar-refractivity contribution in [1.29, 1.82) is 0 Å². The van der Waals surface area contributed by atoms with Crippen molar-refractivity contribution in [3.63, 3.8) is 0 Å². The first kappa shape index (κ1) is 23.3. The number of hydrogen-bond acceptors (Lipinski definition) is 4. The topological polar surface area (TPSA) is 49.9 Å². The molecule has 1 heterocycles. The fraction of sp³-hybridized carbons (Fsp3) is 0.538. The number of hydrogen-bond donors (Lipinski definition) is 0. The average molecular weight is 457 g/mol. The Balaban J connectivity index is 1.37. The van der Waals surface area contributed by atoms with Crippen molar-refractivity contribution >= 4 is 10.0 Å². The normalized spacial score (nSPS) is 20.3. The molecule has 174 valence electrons. The number of methoxy groups -OCH3 is 1. The standard InChI is InChI=1S/C26H36N2O3S/c1-3-15-27(24-11-9-22-10-12-25(31-2)19-23(22)18-24)20-21-13-16-28(17-14-21)32(29,30)26-7-5-4-6-8-26/h4-8,10,12,19,21,24H,3,9,11,13-18,20H2,1-2H3. The molecule has 0 aromatic heterocycles. The highest BCUT2D eigenvalue weighted by molar-refractivity contribution is 7.89. The van der Waals surface area contributed by atoms with E-state index in [0.717, 1.165) is 50.9 Å². The molecule has 2 aliphatic rings. The van der Waals surface area contributed by atoms with E-state index in [-0.39, 0.29) is 0 Å². The van der Waals surface area contributed by atoms with Crippen LogP contribution in [-0.2, 0) is 22.9 Å². The smallest absolute Gasteiger partial charge is 0.243 e. The Morgan fingerprint density at radius 2 is 1.78 bits per heavy atom. The zero-order chi connectivity index (χ0) is 22.6. The van der Waals surface area contributed by atoms with Gasteiger partial charge in [0.1, 0.15) is 5.75 Å². The number of rotatable bonds is 8. The van der Waals surface area contributed by atoms with Crippen molar-refractivity contribution in [2.45, 2.75) is 56.4 Å². The molecular weight excluding hydrogens is 420 g/mol. The molecule has 0 spiro atoms. The van der Waals surface area contributed by atoms with Crippen molar-refractivity contribution in [3.8, 4) is 5.75 Å². The van der Waals surface area contributed by atoms with Crippen molar-refractivity contribution < 1.29 is 13.2 Å². The van der Waals surface area contributed by atoms with Crippen LogP contribution in [0.1, 0.15) is 43.7 Å². The van der Waals surface area contributed by atoms with Gasteiger partial charge in [0.15, 0.2) is 0 Å². The third-order valence-corrected chi connectivity index (χ3v) is 9.00. The number of piperidine rings is 1. The summed E-state index contributed by atoms with van der Waals surface area (Å²) in [6, 6.07) is 15.9. The molecule has 0 saturated carbocycles. The summed E-state index contributed by atoms with van der Waals surface area (Å²) in [6.07, 6.45) is 6.40. The lowest BCUT2D eigenvalue weighted by Gasteiger charge is -2.39. The van der Waals surface area contributed by atoms with Crippen molar-refractivity contribution in [3.05, 3.63) is 59.7 Å². The summed E-state index contributed by atoms with van der Waals surface area (Å²) in [5, 5.41) is 0. The molecule has 6 heteroatoms. The second-order valence-electron chi connectivity index (χ2n) is 9.19. The van der Waals surface area contributed by atoms with Crippen LogP contribution in [0.4, 0.5) is 0 Å². The van der Waals surface area contributed by atoms with Gasteiger partial charge in [0, 0.05) is 25.7 Å². The maximum Gasteiger partial charge on any atom is 0.243 e. The maximum atomic E-state index is 12.9. The number of benzene rings is 2. The molecule has 1 saturated heterocycles. The highest BCUT2D eigenvalue weighted by atomic mass is 32.2. The van der Waals surface area contributed by atoms with E-state index in [1.807, 2.05) is 6.07 Å². The van der Waals surface area contributed by atoms with Crippen LogP contribution in [0.5, 0.6) is 5.75 Å². The summed E-state index contributed by atoms with van der Waals surface area (Å²) < 4.78 is 33.0. The first-order chi connectivity index (χ1) is 15.5. The van der Waals surface area contributed by atoms with Crippen LogP contribution in [0.3, 0.4) is 0 Å². The van der Waals surface area contributed by atoms with E-state index < -0.39 is 10.0 Å². The van der Waals surface area contributed by atoms with E-state index in [2.05, 4.69) is 30.0 Å². The lowest BCUT2D eigenvalue weighted by molar-refractivity contribution is 0.129. The number of fused-ring (bicyclic) bond motifs is 1. The van der Waals surface area contributed by atoms with Gasteiger partial charge in [0.25, 0.3) is 0 Å². The van der Waals surface area contributed by atoms with Crippen LogP contribution in [0.2, 0.25) is 0 Å². The molecule has 5 nitrogen and oxygen atoms in total. The Morgan fingerprint density at radius 1 is 1.03 bits per heavy atom. The first-order valence-electron chi connectivity index (χ1n) is 12.0. The molecule has 32 heavy (non-hydrogen) atoms. The Kier molecular flexibility index (Phi) is 7.54. The van der Waals surface area contributed by atoms with E-state index in [0.29, 0.717) is 29.9 Å². The Labute approximate surface area is 193 Å². The van der Waals surface area contributed by atoms with Gasteiger partial charge < -0.3 is 4.74 Å². The molecule has 0 N–H and O–H groups in total. The predicted octanol–water partition coefficient (Wildman–Crippen LogP) is 4.37. The van der Waals surface area contributed by atoms with Crippen LogP contribution in [-0.4, -0.2) is 57.0 Å². The molecule has 1 aliphatic carbocycles. The van der Waals surface area contributed by atoms with Crippen LogP contribution in [0.15, 0.2) is 53.4 Å². The predicted molar refractivity (Wildman–Crippen MR) is 129 cm³/mol. The molecular formula is C26H36N2O3S. The van der Waals surface area contributed by atoms with E-state index in [1.54, 1.807) is 35.7 Å². The fourth-order valence-electron chi connectivity index (χ4n) is 5.27. The summed E-state index contributed by atoms with van der Waals surface area (Å²) in [7, 11) is -1.64. The molecule has 2 aromatic carbocycles. The van der Waals surface area contributed by atoms with Gasteiger partial charge in [-0.1, -0.05) is 31.2 Å². The van der Waals surface area contributed by atoms with Crippen LogP contribution >= 0.6 is 0 Å². The van der Waals surface area contributed by atoms with E-state index in [1.165, 1.54) is 17.5 Å². The number of nitrogens with zero attached hydrogens (tertiary/aromatic N) is 2. The largest absolute Gasteiger partial charge is 0.497 e. The van der Waals surface area contributed by atoms with E-state index in [4.69, 9.17) is 4.74 Å². The zero-order valence-corrected chi connectivity index (χ0v) is 20.2. The zero-order valence-electron chi connectivity index (χ0n) is 19.4. The summed E-state index contributed by atoms with van der Waals surface area (Å²) in [6.45, 7) is 5.66. The van der Waals surface area contributed by atoms with Crippen molar-refractivity contribution in [1.82, 2.24) is 9.21 Å². The molecule has 1 aliphatic heterocycles. The quantitative estimate of drug-likeness (QED) is 0.592. The monoisotopic (exact) mass is 456 g/mol. The third-order valence-electron chi connectivity index (χ3n) is 7.09.